The van der Waals surface area contributed by atoms with Crippen LogP contribution in [-0.2, 0) is 0 Å². The summed E-state index contributed by atoms with van der Waals surface area (Å²) in [5, 5.41) is 17.1. The Bertz CT molecular complexity index is 412. The average molecular weight is 217 g/mol. The van der Waals surface area contributed by atoms with Gasteiger partial charge in [0.25, 0.3) is 0 Å². The first-order chi connectivity index (χ1) is 6.06. The van der Waals surface area contributed by atoms with Crippen molar-refractivity contribution in [3.05, 3.63) is 27.5 Å². The lowest BCUT2D eigenvalue weighted by molar-refractivity contribution is 0.0696. The van der Waals surface area contributed by atoms with Crippen LogP contribution in [0.3, 0.4) is 0 Å². The molecule has 1 aromatic heterocycles. The number of halogens is 2. The van der Waals surface area contributed by atoms with E-state index in [9.17, 15) is 4.79 Å². The average Bonchev–Trinajstić information content (AvgIpc) is 2.08. The van der Waals surface area contributed by atoms with Crippen molar-refractivity contribution in [2.45, 2.75) is 0 Å². The highest BCUT2D eigenvalue weighted by Crippen LogP contribution is 2.22. The van der Waals surface area contributed by atoms with Crippen LogP contribution in [0.1, 0.15) is 16.1 Å². The number of carbonyl (C=O) groups is 1. The summed E-state index contributed by atoms with van der Waals surface area (Å²) in [6, 6.07) is 2.70. The molecule has 0 saturated heterocycles. The summed E-state index contributed by atoms with van der Waals surface area (Å²) in [4.78, 5) is 14.1. The minimum atomic E-state index is -1.26. The molecule has 0 amide bonds. The summed E-state index contributed by atoms with van der Waals surface area (Å²) >= 11 is 11.0. The van der Waals surface area contributed by atoms with Crippen LogP contribution in [0.2, 0.25) is 10.2 Å². The first-order valence-electron chi connectivity index (χ1n) is 3.05. The quantitative estimate of drug-likeness (QED) is 0.729. The van der Waals surface area contributed by atoms with Gasteiger partial charge in [-0.2, -0.15) is 5.26 Å². The highest BCUT2D eigenvalue weighted by atomic mass is 35.5. The maximum absolute atomic E-state index is 10.6. The standard InChI is InChI=1S/C7H2Cl2N2O2/c8-4-1-3(7(12)13)5(2-10)11-6(4)9/h1H,(H,12,13). The molecule has 0 radical (unpaired) electrons. The lowest BCUT2D eigenvalue weighted by Gasteiger charge is -1.99. The monoisotopic (exact) mass is 216 g/mol. The predicted molar refractivity (Wildman–Crippen MR) is 45.9 cm³/mol. The Morgan fingerprint density at radius 3 is 2.69 bits per heavy atom. The molecule has 0 unspecified atom stereocenters. The Morgan fingerprint density at radius 1 is 1.62 bits per heavy atom. The second-order valence-corrected chi connectivity index (χ2v) is 2.84. The van der Waals surface area contributed by atoms with Crippen molar-refractivity contribution in [2.24, 2.45) is 0 Å². The number of aromatic nitrogens is 1. The third kappa shape index (κ3) is 1.89. The zero-order chi connectivity index (χ0) is 10.0. The summed E-state index contributed by atoms with van der Waals surface area (Å²) in [5.41, 5.74) is -0.501. The maximum atomic E-state index is 10.6. The number of nitriles is 1. The van der Waals surface area contributed by atoms with Crippen molar-refractivity contribution in [3.63, 3.8) is 0 Å². The van der Waals surface area contributed by atoms with Crippen LogP contribution in [0.25, 0.3) is 0 Å². The predicted octanol–water partition coefficient (Wildman–Crippen LogP) is 1.96. The zero-order valence-corrected chi connectivity index (χ0v) is 7.60. The third-order valence-corrected chi connectivity index (χ3v) is 1.94. The number of carboxylic acids is 1. The van der Waals surface area contributed by atoms with E-state index in [1.54, 1.807) is 6.07 Å². The first-order valence-corrected chi connectivity index (χ1v) is 3.81. The number of aromatic carboxylic acids is 1. The number of hydrogen-bond donors (Lipinski definition) is 1. The SMILES string of the molecule is N#Cc1nc(Cl)c(Cl)cc1C(=O)O. The Hall–Kier alpha value is -1.31. The lowest BCUT2D eigenvalue weighted by atomic mass is 10.2. The van der Waals surface area contributed by atoms with Crippen molar-refractivity contribution in [1.29, 1.82) is 5.26 Å². The van der Waals surface area contributed by atoms with Crippen molar-refractivity contribution < 1.29 is 9.90 Å². The van der Waals surface area contributed by atoms with E-state index in [-0.39, 0.29) is 21.4 Å². The largest absolute Gasteiger partial charge is 0.478 e. The van der Waals surface area contributed by atoms with E-state index in [0.717, 1.165) is 6.07 Å². The van der Waals surface area contributed by atoms with Crippen LogP contribution in [-0.4, -0.2) is 16.1 Å². The normalized spacial score (nSPS) is 9.31. The van der Waals surface area contributed by atoms with Gasteiger partial charge in [-0.1, -0.05) is 23.2 Å². The van der Waals surface area contributed by atoms with Gasteiger partial charge in [-0.25, -0.2) is 9.78 Å². The van der Waals surface area contributed by atoms with Gasteiger partial charge in [0, 0.05) is 0 Å². The molecular formula is C7H2Cl2N2O2. The summed E-state index contributed by atoms with van der Waals surface area (Å²) in [6.45, 7) is 0. The van der Waals surface area contributed by atoms with Gasteiger partial charge < -0.3 is 5.11 Å². The topological polar surface area (TPSA) is 74.0 Å². The van der Waals surface area contributed by atoms with Crippen LogP contribution < -0.4 is 0 Å². The van der Waals surface area contributed by atoms with Gasteiger partial charge in [0.05, 0.1) is 10.6 Å². The highest BCUT2D eigenvalue weighted by molar-refractivity contribution is 6.41. The molecule has 6 heteroatoms. The lowest BCUT2D eigenvalue weighted by Crippen LogP contribution is -2.02. The Balaban J connectivity index is 3.44. The van der Waals surface area contributed by atoms with Crippen molar-refractivity contribution in [2.75, 3.05) is 0 Å². The summed E-state index contributed by atoms with van der Waals surface area (Å²) in [5.74, 6) is -1.26. The fourth-order valence-corrected chi connectivity index (χ4v) is 1.01. The molecule has 0 atom stereocenters. The molecule has 0 aliphatic heterocycles. The van der Waals surface area contributed by atoms with E-state index < -0.39 is 5.97 Å². The second-order valence-electron chi connectivity index (χ2n) is 2.07. The second kappa shape index (κ2) is 3.60. The number of carboxylic acid groups (broad SMARTS) is 1. The molecule has 0 saturated carbocycles. The summed E-state index contributed by atoms with van der Waals surface area (Å²) < 4.78 is 0. The molecular weight excluding hydrogens is 215 g/mol. The number of rotatable bonds is 1. The van der Waals surface area contributed by atoms with Gasteiger partial charge in [0.2, 0.25) is 0 Å². The smallest absolute Gasteiger partial charge is 0.338 e. The molecule has 13 heavy (non-hydrogen) atoms. The van der Waals surface area contributed by atoms with Gasteiger partial charge in [-0.05, 0) is 6.07 Å². The number of nitrogens with zero attached hydrogens (tertiary/aromatic N) is 2. The zero-order valence-electron chi connectivity index (χ0n) is 6.08. The third-order valence-electron chi connectivity index (χ3n) is 1.27. The first kappa shape index (κ1) is 9.78. The minimum absolute atomic E-state index is 0.0121. The van der Waals surface area contributed by atoms with Gasteiger partial charge in [0.15, 0.2) is 5.69 Å². The van der Waals surface area contributed by atoms with E-state index in [2.05, 4.69) is 4.98 Å². The number of pyridine rings is 1. The minimum Gasteiger partial charge on any atom is -0.478 e. The fraction of sp³-hybridized carbons (Fsp3) is 0. The molecule has 4 nitrogen and oxygen atoms in total. The van der Waals surface area contributed by atoms with Crippen molar-refractivity contribution >= 4 is 29.2 Å². The fourth-order valence-electron chi connectivity index (χ4n) is 0.715. The molecule has 0 bridgehead atoms. The van der Waals surface area contributed by atoms with Crippen molar-refractivity contribution in [3.8, 4) is 6.07 Å². The van der Waals surface area contributed by atoms with Crippen LogP contribution >= 0.6 is 23.2 Å². The molecule has 0 aromatic carbocycles. The molecule has 1 heterocycles. The summed E-state index contributed by atoms with van der Waals surface area (Å²) in [7, 11) is 0. The van der Waals surface area contributed by atoms with Crippen LogP contribution in [0.4, 0.5) is 0 Å². The van der Waals surface area contributed by atoms with Gasteiger partial charge in [-0.3, -0.25) is 0 Å². The van der Waals surface area contributed by atoms with E-state index in [4.69, 9.17) is 33.6 Å². The molecule has 1 rings (SSSR count). The number of hydrogen-bond acceptors (Lipinski definition) is 3. The molecule has 0 fully saturated rings. The Labute approximate surface area is 83.3 Å². The van der Waals surface area contributed by atoms with E-state index in [1.165, 1.54) is 0 Å². The van der Waals surface area contributed by atoms with Crippen LogP contribution in [0.5, 0.6) is 0 Å². The maximum Gasteiger partial charge on any atom is 0.338 e. The van der Waals surface area contributed by atoms with E-state index in [1.807, 2.05) is 0 Å². The van der Waals surface area contributed by atoms with E-state index >= 15 is 0 Å². The Kier molecular flexibility index (Phi) is 2.71. The highest BCUT2D eigenvalue weighted by Gasteiger charge is 2.14. The molecule has 1 aromatic rings. The molecule has 0 spiro atoms. The van der Waals surface area contributed by atoms with Gasteiger partial charge in [0.1, 0.15) is 11.2 Å². The van der Waals surface area contributed by atoms with E-state index in [0.29, 0.717) is 0 Å². The molecule has 1 N–H and O–H groups in total. The Morgan fingerprint density at radius 2 is 2.23 bits per heavy atom. The summed E-state index contributed by atoms with van der Waals surface area (Å²) in [6.07, 6.45) is 0. The van der Waals surface area contributed by atoms with Gasteiger partial charge >= 0.3 is 5.97 Å². The van der Waals surface area contributed by atoms with Gasteiger partial charge in [-0.15, -0.1) is 0 Å². The van der Waals surface area contributed by atoms with Crippen LogP contribution in [0.15, 0.2) is 6.07 Å². The van der Waals surface area contributed by atoms with Crippen LogP contribution in [0, 0.1) is 11.3 Å². The van der Waals surface area contributed by atoms with Crippen molar-refractivity contribution in [1.82, 2.24) is 4.98 Å². The molecule has 66 valence electrons. The molecule has 0 aliphatic rings. The molecule has 0 aliphatic carbocycles.